The fourth-order valence-corrected chi connectivity index (χ4v) is 3.17. The van der Waals surface area contributed by atoms with E-state index in [-0.39, 0.29) is 0 Å². The lowest BCUT2D eigenvalue weighted by atomic mass is 9.97. The second-order valence-electron chi connectivity index (χ2n) is 5.55. The first-order valence-corrected chi connectivity index (χ1v) is 7.88. The van der Waals surface area contributed by atoms with E-state index in [4.69, 9.17) is 5.84 Å². The molecule has 1 unspecified atom stereocenters. The van der Waals surface area contributed by atoms with Gasteiger partial charge in [-0.2, -0.15) is 0 Å². The van der Waals surface area contributed by atoms with E-state index in [0.717, 1.165) is 31.0 Å². The van der Waals surface area contributed by atoms with Crippen molar-refractivity contribution in [3.8, 4) is 0 Å². The third-order valence-electron chi connectivity index (χ3n) is 4.08. The summed E-state index contributed by atoms with van der Waals surface area (Å²) >= 11 is 0. The molecule has 1 aliphatic heterocycles. The molecule has 0 bridgehead atoms. The highest BCUT2D eigenvalue weighted by atomic mass is 15.3. The van der Waals surface area contributed by atoms with Crippen molar-refractivity contribution in [2.75, 3.05) is 16.9 Å². The molecule has 1 fully saturated rings. The lowest BCUT2D eigenvalue weighted by Gasteiger charge is -2.38. The topological polar surface area (TPSA) is 67.1 Å². The van der Waals surface area contributed by atoms with Crippen LogP contribution >= 0.6 is 0 Å². The summed E-state index contributed by atoms with van der Waals surface area (Å²) < 4.78 is 0. The van der Waals surface area contributed by atoms with Crippen LogP contribution in [-0.4, -0.2) is 22.6 Å². The highest BCUT2D eigenvalue weighted by Crippen LogP contribution is 2.31. The Labute approximate surface area is 121 Å². The van der Waals surface area contributed by atoms with Gasteiger partial charge in [0.15, 0.2) is 0 Å². The van der Waals surface area contributed by atoms with Crippen LogP contribution < -0.4 is 16.2 Å². The lowest BCUT2D eigenvalue weighted by molar-refractivity contribution is 0.430. The number of hydrogen-bond acceptors (Lipinski definition) is 5. The summed E-state index contributed by atoms with van der Waals surface area (Å²) in [5.41, 5.74) is 3.90. The van der Waals surface area contributed by atoms with Crippen molar-refractivity contribution in [1.82, 2.24) is 9.97 Å². The van der Waals surface area contributed by atoms with Crippen LogP contribution in [0.15, 0.2) is 6.33 Å². The fourth-order valence-electron chi connectivity index (χ4n) is 3.17. The van der Waals surface area contributed by atoms with Gasteiger partial charge in [-0.1, -0.05) is 26.7 Å². The Morgan fingerprint density at radius 3 is 2.85 bits per heavy atom. The van der Waals surface area contributed by atoms with Crippen molar-refractivity contribution in [2.24, 2.45) is 5.84 Å². The van der Waals surface area contributed by atoms with E-state index in [2.05, 4.69) is 34.1 Å². The van der Waals surface area contributed by atoms with E-state index in [0.29, 0.717) is 6.04 Å². The van der Waals surface area contributed by atoms with Gasteiger partial charge in [0.2, 0.25) is 0 Å². The molecule has 3 N–H and O–H groups in total. The molecule has 2 heterocycles. The summed E-state index contributed by atoms with van der Waals surface area (Å²) in [6.45, 7) is 5.53. The number of anilines is 2. The first-order chi connectivity index (χ1) is 9.81. The number of nitrogens with two attached hydrogens (primary N) is 1. The molecule has 1 aromatic heterocycles. The zero-order valence-corrected chi connectivity index (χ0v) is 12.7. The predicted molar refractivity (Wildman–Crippen MR) is 83.7 cm³/mol. The summed E-state index contributed by atoms with van der Waals surface area (Å²) in [5.74, 6) is 7.48. The minimum absolute atomic E-state index is 0.616. The standard InChI is InChI=1S/C15H27N5/c1-3-7-12-9-5-6-10-20(12)15-13(8-4-2)14(19-16)17-11-18-15/h11-12H,3-10,16H2,1-2H3,(H,17,18,19). The Morgan fingerprint density at radius 2 is 2.15 bits per heavy atom. The molecule has 0 amide bonds. The molecule has 0 aliphatic carbocycles. The Balaban J connectivity index is 2.33. The molecule has 1 atom stereocenters. The summed E-state index contributed by atoms with van der Waals surface area (Å²) in [6.07, 6.45) is 9.97. The van der Waals surface area contributed by atoms with Gasteiger partial charge in [0.05, 0.1) is 0 Å². The summed E-state index contributed by atoms with van der Waals surface area (Å²) in [4.78, 5) is 11.3. The summed E-state index contributed by atoms with van der Waals surface area (Å²) in [7, 11) is 0. The van der Waals surface area contributed by atoms with Gasteiger partial charge >= 0.3 is 0 Å². The third-order valence-corrected chi connectivity index (χ3v) is 4.08. The van der Waals surface area contributed by atoms with Gasteiger partial charge in [-0.25, -0.2) is 15.8 Å². The van der Waals surface area contributed by atoms with Crippen LogP contribution in [0.3, 0.4) is 0 Å². The number of hydrogen-bond donors (Lipinski definition) is 2. The third kappa shape index (κ3) is 3.20. The maximum absolute atomic E-state index is 5.61. The Kier molecular flexibility index (Phi) is 5.59. The number of rotatable bonds is 6. The van der Waals surface area contributed by atoms with Crippen molar-refractivity contribution in [3.05, 3.63) is 11.9 Å². The average Bonchev–Trinajstić information content (AvgIpc) is 2.49. The smallest absolute Gasteiger partial charge is 0.148 e. The van der Waals surface area contributed by atoms with E-state index in [1.807, 2.05) is 0 Å². The van der Waals surface area contributed by atoms with Crippen LogP contribution in [0.5, 0.6) is 0 Å². The van der Waals surface area contributed by atoms with Crippen molar-refractivity contribution >= 4 is 11.6 Å². The minimum Gasteiger partial charge on any atom is -0.353 e. The lowest BCUT2D eigenvalue weighted by Crippen LogP contribution is -2.40. The van der Waals surface area contributed by atoms with Gasteiger partial charge in [-0.3, -0.25) is 0 Å². The molecule has 5 heteroatoms. The second-order valence-corrected chi connectivity index (χ2v) is 5.55. The van der Waals surface area contributed by atoms with Crippen molar-refractivity contribution < 1.29 is 0 Å². The van der Waals surface area contributed by atoms with Gasteiger partial charge in [0.1, 0.15) is 18.0 Å². The first kappa shape index (κ1) is 15.0. The van der Waals surface area contributed by atoms with Crippen LogP contribution in [0, 0.1) is 0 Å². The molecular weight excluding hydrogens is 250 g/mol. The molecule has 5 nitrogen and oxygen atoms in total. The van der Waals surface area contributed by atoms with Crippen molar-refractivity contribution in [2.45, 2.75) is 64.8 Å². The van der Waals surface area contributed by atoms with Gasteiger partial charge in [0.25, 0.3) is 0 Å². The maximum atomic E-state index is 5.61. The molecule has 2 rings (SSSR count). The van der Waals surface area contributed by atoms with Crippen LogP contribution in [0.1, 0.15) is 57.9 Å². The molecule has 0 aromatic carbocycles. The molecule has 112 valence electrons. The highest BCUT2D eigenvalue weighted by molar-refractivity contribution is 5.59. The quantitative estimate of drug-likeness (QED) is 0.618. The SMILES string of the molecule is CCCc1c(NN)ncnc1N1CCCCC1CCC. The van der Waals surface area contributed by atoms with Crippen LogP contribution in [0.25, 0.3) is 0 Å². The fraction of sp³-hybridized carbons (Fsp3) is 0.733. The van der Waals surface area contributed by atoms with E-state index < -0.39 is 0 Å². The molecule has 0 saturated carbocycles. The number of nitrogens with one attached hydrogen (secondary N) is 1. The number of aromatic nitrogens is 2. The molecule has 1 aliphatic rings. The first-order valence-electron chi connectivity index (χ1n) is 7.88. The zero-order chi connectivity index (χ0) is 14.4. The van der Waals surface area contributed by atoms with Crippen LogP contribution in [0.2, 0.25) is 0 Å². The van der Waals surface area contributed by atoms with E-state index in [1.165, 1.54) is 37.7 Å². The number of piperidine rings is 1. The van der Waals surface area contributed by atoms with Crippen molar-refractivity contribution in [1.29, 1.82) is 0 Å². The highest BCUT2D eigenvalue weighted by Gasteiger charge is 2.25. The number of nitrogen functional groups attached to an aromatic ring is 1. The number of hydrazine groups is 1. The molecule has 20 heavy (non-hydrogen) atoms. The van der Waals surface area contributed by atoms with Crippen LogP contribution in [0.4, 0.5) is 11.6 Å². The Morgan fingerprint density at radius 1 is 1.30 bits per heavy atom. The molecule has 1 aromatic rings. The molecular formula is C15H27N5. The monoisotopic (exact) mass is 277 g/mol. The Bertz CT molecular complexity index is 419. The predicted octanol–water partition coefficient (Wildman–Crippen LogP) is 2.87. The molecule has 1 saturated heterocycles. The summed E-state index contributed by atoms with van der Waals surface area (Å²) in [5, 5.41) is 0. The van der Waals surface area contributed by atoms with E-state index >= 15 is 0 Å². The van der Waals surface area contributed by atoms with E-state index in [1.54, 1.807) is 6.33 Å². The van der Waals surface area contributed by atoms with Gasteiger partial charge in [-0.05, 0) is 32.1 Å². The average molecular weight is 277 g/mol. The Hall–Kier alpha value is -1.36. The number of nitrogens with zero attached hydrogens (tertiary/aromatic N) is 3. The van der Waals surface area contributed by atoms with E-state index in [9.17, 15) is 0 Å². The van der Waals surface area contributed by atoms with Crippen molar-refractivity contribution in [3.63, 3.8) is 0 Å². The van der Waals surface area contributed by atoms with Gasteiger partial charge in [-0.15, -0.1) is 0 Å². The molecule has 0 spiro atoms. The van der Waals surface area contributed by atoms with Crippen LogP contribution in [-0.2, 0) is 6.42 Å². The summed E-state index contributed by atoms with van der Waals surface area (Å²) in [6, 6.07) is 0.616. The van der Waals surface area contributed by atoms with Gasteiger partial charge < -0.3 is 10.3 Å². The largest absolute Gasteiger partial charge is 0.353 e. The normalized spacial score (nSPS) is 19.1. The second kappa shape index (κ2) is 7.43. The minimum atomic E-state index is 0.616. The maximum Gasteiger partial charge on any atom is 0.148 e. The zero-order valence-electron chi connectivity index (χ0n) is 12.7. The molecule has 0 radical (unpaired) electrons. The van der Waals surface area contributed by atoms with Gasteiger partial charge in [0, 0.05) is 18.2 Å².